The second-order valence-electron chi connectivity index (χ2n) is 7.84. The van der Waals surface area contributed by atoms with E-state index in [9.17, 15) is 17.2 Å². The van der Waals surface area contributed by atoms with Crippen LogP contribution in [0.25, 0.3) is 11.0 Å². The van der Waals surface area contributed by atoms with Gasteiger partial charge in [-0.05, 0) is 18.2 Å². The molecule has 4 rings (SSSR count). The average molecular weight is 550 g/mol. The molecule has 0 amide bonds. The van der Waals surface area contributed by atoms with Crippen molar-refractivity contribution in [1.82, 2.24) is 14.5 Å². The number of sulfonamides is 1. The van der Waals surface area contributed by atoms with Crippen LogP contribution in [0.5, 0.6) is 17.2 Å². The summed E-state index contributed by atoms with van der Waals surface area (Å²) < 4.78 is 71.6. The quantitative estimate of drug-likeness (QED) is 0.223. The van der Waals surface area contributed by atoms with Crippen LogP contribution >= 0.6 is 0 Å². The molecule has 0 saturated carbocycles. The van der Waals surface area contributed by atoms with E-state index in [1.807, 2.05) is 0 Å². The van der Waals surface area contributed by atoms with E-state index in [2.05, 4.69) is 20.0 Å². The first-order valence-corrected chi connectivity index (χ1v) is 12.8. The van der Waals surface area contributed by atoms with Crippen molar-refractivity contribution in [3.63, 3.8) is 0 Å². The summed E-state index contributed by atoms with van der Waals surface area (Å²) in [7, 11) is -1.41. The van der Waals surface area contributed by atoms with Crippen molar-refractivity contribution in [3.8, 4) is 17.2 Å². The molecule has 0 aliphatic rings. The molecule has 0 spiro atoms. The highest BCUT2D eigenvalue weighted by atomic mass is 32.2. The van der Waals surface area contributed by atoms with Gasteiger partial charge in [0.2, 0.25) is 0 Å². The predicted octanol–water partition coefficient (Wildman–Crippen LogP) is 4.15. The lowest BCUT2D eigenvalue weighted by Gasteiger charge is -2.19. The highest BCUT2D eigenvalue weighted by molar-refractivity contribution is 7.92. The van der Waals surface area contributed by atoms with Gasteiger partial charge < -0.3 is 24.6 Å². The second kappa shape index (κ2) is 11.5. The van der Waals surface area contributed by atoms with Gasteiger partial charge in [0.15, 0.2) is 23.1 Å². The number of anilines is 3. The molecule has 14 heteroatoms. The molecule has 202 valence electrons. The van der Waals surface area contributed by atoms with Gasteiger partial charge in [-0.15, -0.1) is 0 Å². The van der Waals surface area contributed by atoms with E-state index in [4.69, 9.17) is 19.3 Å². The summed E-state index contributed by atoms with van der Waals surface area (Å²) in [6.07, 6.45) is 2.13. The van der Waals surface area contributed by atoms with Gasteiger partial charge in [0.05, 0.1) is 37.5 Å². The van der Waals surface area contributed by atoms with Gasteiger partial charge in [-0.3, -0.25) is 9.29 Å². The van der Waals surface area contributed by atoms with Crippen molar-refractivity contribution in [2.75, 3.05) is 37.5 Å². The SMILES string of the molecule is COc1cc(Nc2nc3ccccc3nc2NS(=O)(=O)c2ccn(C(F)F)c2)c(OCCCO)c(OC)c1. The number of hydrogen-bond donors (Lipinski definition) is 3. The zero-order valence-electron chi connectivity index (χ0n) is 20.4. The van der Waals surface area contributed by atoms with Crippen molar-refractivity contribution in [2.24, 2.45) is 0 Å². The van der Waals surface area contributed by atoms with Crippen LogP contribution in [0.15, 0.2) is 59.8 Å². The first kappa shape index (κ1) is 26.9. The molecule has 38 heavy (non-hydrogen) atoms. The number of hydrogen-bond acceptors (Lipinski definition) is 9. The molecule has 4 aromatic rings. The minimum atomic E-state index is -4.32. The van der Waals surface area contributed by atoms with Crippen LogP contribution in [-0.2, 0) is 10.0 Å². The number of ether oxygens (including phenoxy) is 3. The number of alkyl halides is 2. The lowest BCUT2D eigenvalue weighted by molar-refractivity contribution is 0.0703. The van der Waals surface area contributed by atoms with Gasteiger partial charge in [-0.1, -0.05) is 12.1 Å². The summed E-state index contributed by atoms with van der Waals surface area (Å²) in [6, 6.07) is 11.0. The Kier molecular flexibility index (Phi) is 8.12. The Balaban J connectivity index is 1.80. The second-order valence-corrected chi connectivity index (χ2v) is 9.53. The smallest absolute Gasteiger partial charge is 0.318 e. The fourth-order valence-electron chi connectivity index (χ4n) is 3.47. The largest absolute Gasteiger partial charge is 0.497 e. The Morgan fingerprint density at radius 3 is 2.37 bits per heavy atom. The van der Waals surface area contributed by atoms with E-state index in [-0.39, 0.29) is 35.5 Å². The van der Waals surface area contributed by atoms with Gasteiger partial charge in [0, 0.05) is 37.6 Å². The van der Waals surface area contributed by atoms with Crippen LogP contribution in [0.2, 0.25) is 0 Å². The lowest BCUT2D eigenvalue weighted by Crippen LogP contribution is -2.16. The summed E-state index contributed by atoms with van der Waals surface area (Å²) >= 11 is 0. The molecule has 2 aromatic carbocycles. The number of fused-ring (bicyclic) bond motifs is 1. The molecule has 0 atom stereocenters. The molecule has 2 aromatic heterocycles. The highest BCUT2D eigenvalue weighted by Gasteiger charge is 2.23. The fraction of sp³-hybridized carbons (Fsp3) is 0.250. The van der Waals surface area contributed by atoms with Crippen molar-refractivity contribution in [3.05, 3.63) is 54.9 Å². The zero-order chi connectivity index (χ0) is 27.3. The number of benzene rings is 2. The van der Waals surface area contributed by atoms with E-state index in [0.29, 0.717) is 39.2 Å². The summed E-state index contributed by atoms with van der Waals surface area (Å²) in [4.78, 5) is 8.56. The van der Waals surface area contributed by atoms with Crippen molar-refractivity contribution in [2.45, 2.75) is 17.9 Å². The monoisotopic (exact) mass is 549 g/mol. The maximum Gasteiger partial charge on any atom is 0.318 e. The van der Waals surface area contributed by atoms with E-state index >= 15 is 0 Å². The van der Waals surface area contributed by atoms with E-state index in [0.717, 1.165) is 18.5 Å². The molecule has 0 radical (unpaired) electrons. The topological polar surface area (TPSA) is 137 Å². The third-order valence-corrected chi connectivity index (χ3v) is 6.63. The molecule has 2 heterocycles. The summed E-state index contributed by atoms with van der Waals surface area (Å²) in [5.41, 5.74) is 1.16. The third kappa shape index (κ3) is 5.86. The molecule has 11 nitrogen and oxygen atoms in total. The number of aromatic nitrogens is 3. The zero-order valence-corrected chi connectivity index (χ0v) is 21.2. The van der Waals surface area contributed by atoms with Crippen molar-refractivity contribution >= 4 is 38.4 Å². The van der Waals surface area contributed by atoms with Gasteiger partial charge in [0.25, 0.3) is 10.0 Å². The molecule has 0 unspecified atom stereocenters. The van der Waals surface area contributed by atoms with Crippen molar-refractivity contribution < 1.29 is 36.5 Å². The highest BCUT2D eigenvalue weighted by Crippen LogP contribution is 2.42. The summed E-state index contributed by atoms with van der Waals surface area (Å²) in [5, 5.41) is 12.2. The number of rotatable bonds is 12. The molecule has 0 bridgehead atoms. The first-order valence-electron chi connectivity index (χ1n) is 11.3. The Bertz CT molecular complexity index is 1530. The number of halogens is 2. The Labute approximate surface area is 217 Å². The van der Waals surface area contributed by atoms with Gasteiger partial charge in [-0.2, -0.15) is 8.78 Å². The minimum absolute atomic E-state index is 0.00267. The molecular weight excluding hydrogens is 524 g/mol. The Morgan fingerprint density at radius 2 is 1.76 bits per heavy atom. The van der Waals surface area contributed by atoms with Crippen LogP contribution in [0, 0.1) is 0 Å². The minimum Gasteiger partial charge on any atom is -0.497 e. The van der Waals surface area contributed by atoms with Crippen LogP contribution in [0.3, 0.4) is 0 Å². The first-order chi connectivity index (χ1) is 18.2. The number of nitrogens with one attached hydrogen (secondary N) is 2. The van der Waals surface area contributed by atoms with Crippen LogP contribution in [-0.4, -0.2) is 55.5 Å². The third-order valence-electron chi connectivity index (χ3n) is 5.31. The standard InChI is InChI=1S/C24H25F2N5O6S/c1-35-15-12-19(21(20(13-15)36-2)37-11-5-10-32)29-22-23(28-18-7-4-3-6-17(18)27-22)30-38(33,34)16-8-9-31(14-16)24(25)26/h3-4,6-9,12-14,24,32H,5,10-11H2,1-2H3,(H,27,29)(H,28,30). The maximum absolute atomic E-state index is 13.1. The molecular formula is C24H25F2N5O6S. The van der Waals surface area contributed by atoms with E-state index in [1.54, 1.807) is 36.4 Å². The van der Waals surface area contributed by atoms with Gasteiger partial charge >= 0.3 is 6.55 Å². The number of aliphatic hydroxyl groups is 1. The van der Waals surface area contributed by atoms with Crippen LogP contribution in [0.4, 0.5) is 26.1 Å². The Hall–Kier alpha value is -4.17. The molecule has 0 aliphatic heterocycles. The van der Waals surface area contributed by atoms with Crippen molar-refractivity contribution in [1.29, 1.82) is 0 Å². The molecule has 0 aliphatic carbocycles. The number of aliphatic hydroxyl groups excluding tert-OH is 1. The Morgan fingerprint density at radius 1 is 1.05 bits per heavy atom. The summed E-state index contributed by atoms with van der Waals surface area (Å²) in [6.45, 7) is -2.82. The fourth-order valence-corrected chi connectivity index (χ4v) is 4.49. The van der Waals surface area contributed by atoms with Gasteiger partial charge in [-0.25, -0.2) is 18.4 Å². The van der Waals surface area contributed by atoms with Gasteiger partial charge in [0.1, 0.15) is 10.6 Å². The average Bonchev–Trinajstić information content (AvgIpc) is 3.41. The molecule has 0 fully saturated rings. The van der Waals surface area contributed by atoms with E-state index in [1.165, 1.54) is 14.2 Å². The number of nitrogens with zero attached hydrogens (tertiary/aromatic N) is 3. The normalized spacial score (nSPS) is 11.5. The van der Waals surface area contributed by atoms with Crippen LogP contribution < -0.4 is 24.2 Å². The molecule has 0 saturated heterocycles. The molecule has 3 N–H and O–H groups in total. The number of para-hydroxylation sites is 2. The van der Waals surface area contributed by atoms with E-state index < -0.39 is 16.6 Å². The maximum atomic E-state index is 13.1. The predicted molar refractivity (Wildman–Crippen MR) is 136 cm³/mol. The lowest BCUT2D eigenvalue weighted by atomic mass is 10.2. The van der Waals surface area contributed by atoms with Crippen LogP contribution in [0.1, 0.15) is 13.0 Å². The summed E-state index contributed by atoms with van der Waals surface area (Å²) in [5.74, 6) is 0.802. The number of methoxy groups -OCH3 is 2.